The van der Waals surface area contributed by atoms with E-state index in [0.717, 1.165) is 10.8 Å². The van der Waals surface area contributed by atoms with Gasteiger partial charge in [-0.1, -0.05) is 66.7 Å². The van der Waals surface area contributed by atoms with Gasteiger partial charge < -0.3 is 5.32 Å². The maximum atomic E-state index is 13.9. The largest absolute Gasteiger partial charge is 0.354 e. The van der Waals surface area contributed by atoms with Crippen molar-refractivity contribution in [3.8, 4) is 0 Å². The number of para-hydroxylation sites is 2. The predicted octanol–water partition coefficient (Wildman–Crippen LogP) is 4.78. The second kappa shape index (κ2) is 8.00. The van der Waals surface area contributed by atoms with Crippen LogP contribution in [0.1, 0.15) is 12.5 Å². The lowest BCUT2D eigenvalue weighted by Crippen LogP contribution is -2.43. The van der Waals surface area contributed by atoms with Gasteiger partial charge in [-0.15, -0.1) is 0 Å². The standard InChI is InChI=1S/C27H21N3O3/c1-27(18-11-5-2-6-12-18)26(32)23-24(29-20-15-9-4-10-16-20)22(31)17-21(25(23)30(27)33)28-19-13-7-3-8-14-19/h2-17,28,33H,1H3. The van der Waals surface area contributed by atoms with Gasteiger partial charge in [0.15, 0.2) is 11.3 Å². The Labute approximate surface area is 191 Å². The zero-order chi connectivity index (χ0) is 23.0. The summed E-state index contributed by atoms with van der Waals surface area (Å²) >= 11 is 0. The maximum Gasteiger partial charge on any atom is 0.207 e. The lowest BCUT2D eigenvalue weighted by Gasteiger charge is -2.33. The molecule has 2 N–H and O–H groups in total. The van der Waals surface area contributed by atoms with E-state index in [0.29, 0.717) is 16.9 Å². The first-order valence-electron chi connectivity index (χ1n) is 10.6. The predicted molar refractivity (Wildman–Crippen MR) is 126 cm³/mol. The smallest absolute Gasteiger partial charge is 0.207 e. The molecular weight excluding hydrogens is 414 g/mol. The zero-order valence-electron chi connectivity index (χ0n) is 17.9. The third-order valence-electron chi connectivity index (χ3n) is 5.93. The number of Topliss-reactive ketones (excluding diaryl/α,β-unsaturated/α-hetero) is 1. The minimum atomic E-state index is -1.41. The number of benzene rings is 3. The van der Waals surface area contributed by atoms with Gasteiger partial charge in [0.1, 0.15) is 11.4 Å². The quantitative estimate of drug-likeness (QED) is 0.577. The van der Waals surface area contributed by atoms with Crippen molar-refractivity contribution in [2.24, 2.45) is 4.99 Å². The molecule has 3 aromatic carbocycles. The fraction of sp³-hybridized carbons (Fsp3) is 0.0741. The van der Waals surface area contributed by atoms with Crippen molar-refractivity contribution in [3.63, 3.8) is 0 Å². The lowest BCUT2D eigenvalue weighted by molar-refractivity contribution is -0.152. The van der Waals surface area contributed by atoms with E-state index in [9.17, 15) is 14.8 Å². The van der Waals surface area contributed by atoms with E-state index in [4.69, 9.17) is 0 Å². The molecule has 0 bridgehead atoms. The molecule has 1 atom stereocenters. The molecule has 6 heteroatoms. The molecule has 0 fully saturated rings. The van der Waals surface area contributed by atoms with Gasteiger partial charge in [0.05, 0.1) is 17.0 Å². The minimum absolute atomic E-state index is 0.0125. The minimum Gasteiger partial charge on any atom is -0.354 e. The Morgan fingerprint density at radius 3 is 2.06 bits per heavy atom. The Bertz CT molecular complexity index is 1330. The average Bonchev–Trinajstić information content (AvgIpc) is 3.05. The number of ketones is 2. The molecule has 0 amide bonds. The number of hydrogen-bond donors (Lipinski definition) is 2. The summed E-state index contributed by atoms with van der Waals surface area (Å²) in [5.74, 6) is -0.801. The van der Waals surface area contributed by atoms with Crippen molar-refractivity contribution in [3.05, 3.63) is 120 Å². The van der Waals surface area contributed by atoms with Crippen molar-refractivity contribution in [2.75, 3.05) is 5.32 Å². The number of hydroxylamine groups is 2. The first kappa shape index (κ1) is 20.6. The lowest BCUT2D eigenvalue weighted by atomic mass is 9.84. The second-order valence-electron chi connectivity index (χ2n) is 8.01. The highest BCUT2D eigenvalue weighted by molar-refractivity contribution is 6.57. The molecule has 0 saturated heterocycles. The summed E-state index contributed by atoms with van der Waals surface area (Å²) in [6.07, 6.45) is 1.38. The highest BCUT2D eigenvalue weighted by Gasteiger charge is 2.54. The first-order chi connectivity index (χ1) is 16.0. The Balaban J connectivity index is 1.68. The van der Waals surface area contributed by atoms with E-state index in [-0.39, 0.29) is 17.0 Å². The van der Waals surface area contributed by atoms with E-state index in [1.807, 2.05) is 66.7 Å². The Morgan fingerprint density at radius 2 is 1.42 bits per heavy atom. The van der Waals surface area contributed by atoms with Crippen LogP contribution >= 0.6 is 0 Å². The summed E-state index contributed by atoms with van der Waals surface area (Å²) in [5, 5.41) is 15.5. The monoisotopic (exact) mass is 435 g/mol. The number of rotatable bonds is 4. The van der Waals surface area contributed by atoms with Crippen molar-refractivity contribution in [1.82, 2.24) is 5.06 Å². The molecular formula is C27H21N3O3. The number of nitrogens with one attached hydrogen (secondary N) is 1. The second-order valence-corrected chi connectivity index (χ2v) is 8.01. The van der Waals surface area contributed by atoms with Gasteiger partial charge in [0, 0.05) is 11.8 Å². The third-order valence-corrected chi connectivity index (χ3v) is 5.93. The summed E-state index contributed by atoms with van der Waals surface area (Å²) in [7, 11) is 0. The van der Waals surface area contributed by atoms with Crippen LogP contribution in [0.25, 0.3) is 0 Å². The maximum absolute atomic E-state index is 13.9. The van der Waals surface area contributed by atoms with Crippen molar-refractivity contribution in [2.45, 2.75) is 12.5 Å². The van der Waals surface area contributed by atoms with Gasteiger partial charge in [-0.25, -0.2) is 10.1 Å². The van der Waals surface area contributed by atoms with Gasteiger partial charge in [-0.05, 0) is 36.8 Å². The summed E-state index contributed by atoms with van der Waals surface area (Å²) < 4.78 is 0. The van der Waals surface area contributed by atoms with Crippen LogP contribution in [-0.4, -0.2) is 27.5 Å². The summed E-state index contributed by atoms with van der Waals surface area (Å²) in [5.41, 5.74) is 1.14. The van der Waals surface area contributed by atoms with Crippen LogP contribution in [0, 0.1) is 0 Å². The molecule has 1 aliphatic heterocycles. The van der Waals surface area contributed by atoms with E-state index >= 15 is 0 Å². The number of aliphatic imine (C=N–C) groups is 1. The van der Waals surface area contributed by atoms with Crippen LogP contribution in [0.5, 0.6) is 0 Å². The molecule has 1 unspecified atom stereocenters. The van der Waals surface area contributed by atoms with E-state index in [1.165, 1.54) is 6.08 Å². The van der Waals surface area contributed by atoms with Gasteiger partial charge in [0.2, 0.25) is 5.78 Å². The van der Waals surface area contributed by atoms with Crippen LogP contribution in [0.4, 0.5) is 11.4 Å². The number of allylic oxidation sites excluding steroid dienone is 1. The molecule has 0 aromatic heterocycles. The molecule has 5 rings (SSSR count). The fourth-order valence-electron chi connectivity index (χ4n) is 4.17. The number of carbonyl (C=O) groups is 2. The molecule has 1 heterocycles. The van der Waals surface area contributed by atoms with Gasteiger partial charge >= 0.3 is 0 Å². The summed E-state index contributed by atoms with van der Waals surface area (Å²) in [6.45, 7) is 1.65. The highest BCUT2D eigenvalue weighted by Crippen LogP contribution is 2.45. The van der Waals surface area contributed by atoms with Crippen LogP contribution < -0.4 is 5.32 Å². The summed E-state index contributed by atoms with van der Waals surface area (Å²) in [4.78, 5) is 31.6. The normalized spacial score (nSPS) is 21.3. The first-order valence-corrected chi connectivity index (χ1v) is 10.6. The Morgan fingerprint density at radius 1 is 0.848 bits per heavy atom. The van der Waals surface area contributed by atoms with Gasteiger partial charge in [-0.3, -0.25) is 14.8 Å². The molecule has 33 heavy (non-hydrogen) atoms. The Kier molecular flexibility index (Phi) is 4.99. The van der Waals surface area contributed by atoms with Crippen LogP contribution in [0.15, 0.2) is 119 Å². The van der Waals surface area contributed by atoms with Crippen LogP contribution in [0.3, 0.4) is 0 Å². The molecule has 0 spiro atoms. The van der Waals surface area contributed by atoms with Gasteiger partial charge in [-0.2, -0.15) is 0 Å². The third kappa shape index (κ3) is 3.37. The SMILES string of the molecule is CC1(c2ccccc2)C(=O)C2=C(C(Nc3ccccc3)=CC(=O)C2=Nc2ccccc2)N1O. The van der Waals surface area contributed by atoms with Crippen LogP contribution in [0.2, 0.25) is 0 Å². The van der Waals surface area contributed by atoms with Gasteiger partial charge in [0.25, 0.3) is 0 Å². The number of hydrogen-bond acceptors (Lipinski definition) is 6. The zero-order valence-corrected chi connectivity index (χ0v) is 17.9. The average molecular weight is 435 g/mol. The molecule has 0 radical (unpaired) electrons. The molecule has 6 nitrogen and oxygen atoms in total. The van der Waals surface area contributed by atoms with Crippen LogP contribution in [-0.2, 0) is 15.1 Å². The number of carbonyl (C=O) groups excluding carboxylic acids is 2. The molecule has 162 valence electrons. The van der Waals surface area contributed by atoms with E-state index < -0.39 is 17.1 Å². The molecule has 2 aliphatic rings. The van der Waals surface area contributed by atoms with E-state index in [1.54, 1.807) is 31.2 Å². The topological polar surface area (TPSA) is 82.0 Å². The Hall–Kier alpha value is -4.29. The molecule has 1 aliphatic carbocycles. The summed E-state index contributed by atoms with van der Waals surface area (Å²) in [6, 6.07) is 27.3. The van der Waals surface area contributed by atoms with Crippen molar-refractivity contribution >= 4 is 28.7 Å². The highest BCUT2D eigenvalue weighted by atomic mass is 16.5. The van der Waals surface area contributed by atoms with Crippen molar-refractivity contribution in [1.29, 1.82) is 0 Å². The fourth-order valence-corrected chi connectivity index (χ4v) is 4.17. The van der Waals surface area contributed by atoms with E-state index in [2.05, 4.69) is 10.3 Å². The van der Waals surface area contributed by atoms with Crippen molar-refractivity contribution < 1.29 is 14.8 Å². The molecule has 0 saturated carbocycles. The number of anilines is 1. The molecule has 3 aromatic rings. The number of nitrogens with zero attached hydrogens (tertiary/aromatic N) is 2.